The Balaban J connectivity index is 1.92. The van der Waals surface area contributed by atoms with Crippen LogP contribution in [0.3, 0.4) is 0 Å². The number of methoxy groups -OCH3 is 2. The number of carbonyl (C=O) groups excluding carboxylic acids is 1. The number of likely N-dealkylation sites (N-methyl/N-ethyl adjacent to an activating group) is 1. The third kappa shape index (κ3) is 11.3. The number of hydrogen-bond donors (Lipinski definition) is 4. The highest BCUT2D eigenvalue weighted by molar-refractivity contribution is 5.91. The lowest BCUT2D eigenvalue weighted by atomic mass is 9.73. The highest BCUT2D eigenvalue weighted by Gasteiger charge is 2.54. The van der Waals surface area contributed by atoms with Crippen LogP contribution in [0.5, 0.6) is 0 Å². The molecule has 1 aliphatic carbocycles. The van der Waals surface area contributed by atoms with Crippen LogP contribution in [-0.2, 0) is 38.0 Å². The number of cyclic esters (lactones) is 1. The lowest BCUT2D eigenvalue weighted by Gasteiger charge is -2.50. The summed E-state index contributed by atoms with van der Waals surface area (Å²) in [6.45, 7) is 18.1. The zero-order valence-electron chi connectivity index (χ0n) is 38.4. The summed E-state index contributed by atoms with van der Waals surface area (Å²) in [4.78, 5) is 16.4. The molecule has 3 aliphatic heterocycles. The van der Waals surface area contributed by atoms with Gasteiger partial charge in [0.05, 0.1) is 47.6 Å². The molecule has 0 aromatic heterocycles. The van der Waals surface area contributed by atoms with Gasteiger partial charge in [-0.05, 0) is 107 Å². The maximum Gasteiger partial charge on any atom is 0.311 e. The summed E-state index contributed by atoms with van der Waals surface area (Å²) in [5.74, 6) is -3.41. The maximum absolute atomic E-state index is 14.5. The molecule has 1 saturated carbocycles. The van der Waals surface area contributed by atoms with Gasteiger partial charge in [-0.2, -0.15) is 10.2 Å². The Bertz CT molecular complexity index is 1420. The minimum atomic E-state index is -1.88. The molecular weight excluding hydrogens is 762 g/mol. The molecule has 4 aliphatic rings. The largest absolute Gasteiger partial charge is 0.459 e. The van der Waals surface area contributed by atoms with Gasteiger partial charge in [-0.15, -0.1) is 0 Å². The molecule has 15 heteroatoms. The molecule has 15 nitrogen and oxygen atoms in total. The van der Waals surface area contributed by atoms with Gasteiger partial charge < -0.3 is 58.5 Å². The second-order valence-electron chi connectivity index (χ2n) is 19.0. The molecule has 0 bridgehead atoms. The average molecular weight is 842 g/mol. The third-order valence-corrected chi connectivity index (χ3v) is 14.0. The lowest BCUT2D eigenvalue weighted by Crippen LogP contribution is -2.61. The van der Waals surface area contributed by atoms with Crippen LogP contribution in [0.1, 0.15) is 127 Å². The first-order chi connectivity index (χ1) is 27.5. The fraction of sp³-hybridized carbons (Fsp3) is 0.932. The van der Waals surface area contributed by atoms with E-state index in [-0.39, 0.29) is 30.9 Å². The topological polar surface area (TPSA) is 191 Å². The zero-order chi connectivity index (χ0) is 44.2. The van der Waals surface area contributed by atoms with Crippen molar-refractivity contribution in [3.63, 3.8) is 0 Å². The number of aliphatic hydroxyl groups excluding tert-OH is 3. The molecule has 0 amide bonds. The molecule has 0 aromatic carbocycles. The maximum atomic E-state index is 14.5. The summed E-state index contributed by atoms with van der Waals surface area (Å²) in [7, 11) is 6.95. The predicted octanol–water partition coefficient (Wildman–Crippen LogP) is 4.63. The normalized spacial score (nSPS) is 46.8. The van der Waals surface area contributed by atoms with E-state index in [1.165, 1.54) is 14.0 Å². The van der Waals surface area contributed by atoms with Crippen LogP contribution < -0.4 is 0 Å². The summed E-state index contributed by atoms with van der Waals surface area (Å²) in [6.07, 6.45) is -3.10. The molecule has 3 saturated heterocycles. The number of esters is 1. The molecule has 8 unspecified atom stereocenters. The van der Waals surface area contributed by atoms with E-state index in [9.17, 15) is 25.2 Å². The number of ether oxygens (including phenoxy) is 7. The Kier molecular flexibility index (Phi) is 17.5. The molecule has 342 valence electrons. The number of carbonyl (C=O) groups is 1. The van der Waals surface area contributed by atoms with Crippen LogP contribution in [-0.4, -0.2) is 155 Å². The van der Waals surface area contributed by atoms with E-state index in [2.05, 4.69) is 0 Å². The first-order valence-corrected chi connectivity index (χ1v) is 22.0. The van der Waals surface area contributed by atoms with Crippen molar-refractivity contribution in [1.82, 2.24) is 4.90 Å². The Hall–Kier alpha value is -1.63. The van der Waals surface area contributed by atoms with Crippen LogP contribution in [0.15, 0.2) is 10.2 Å². The number of aliphatic hydroxyl groups is 4. The van der Waals surface area contributed by atoms with Crippen LogP contribution in [0.4, 0.5) is 0 Å². The fourth-order valence-electron chi connectivity index (χ4n) is 9.97. The van der Waals surface area contributed by atoms with E-state index >= 15 is 0 Å². The second-order valence-corrected chi connectivity index (χ2v) is 19.0. The molecule has 4 rings (SSSR count). The molecule has 0 spiro atoms. The SMILES string of the molecule is CC[C@H]1OC(=O)[C@H](C)[C@@H](OC2CC(C)(OC)C(O)C(C)O2)[C@H](C)[C@@H](OC2OC(C)CC(N(C)C)C2O)[C@](C)(OC)C[C@@H](C)/C(=N/N=C2CCCCC2)[C@H](C)[C@@H](O)[C@]1(C)O. The number of hydrogen-bond acceptors (Lipinski definition) is 15. The van der Waals surface area contributed by atoms with Gasteiger partial charge in [-0.25, -0.2) is 0 Å². The smallest absolute Gasteiger partial charge is 0.311 e. The van der Waals surface area contributed by atoms with Crippen LogP contribution in [0.2, 0.25) is 0 Å². The molecule has 3 heterocycles. The van der Waals surface area contributed by atoms with Crippen molar-refractivity contribution in [3.05, 3.63) is 0 Å². The lowest BCUT2D eigenvalue weighted by molar-refractivity contribution is -0.319. The first-order valence-electron chi connectivity index (χ1n) is 22.0. The number of nitrogens with zero attached hydrogens (tertiary/aromatic N) is 3. The van der Waals surface area contributed by atoms with Crippen molar-refractivity contribution in [2.45, 2.75) is 211 Å². The zero-order valence-corrected chi connectivity index (χ0v) is 38.4. The Labute approximate surface area is 353 Å². The molecule has 0 aromatic rings. The van der Waals surface area contributed by atoms with Gasteiger partial charge in [0.1, 0.15) is 23.9 Å². The Morgan fingerprint density at radius 2 is 1.46 bits per heavy atom. The highest BCUT2D eigenvalue weighted by Crippen LogP contribution is 2.42. The monoisotopic (exact) mass is 842 g/mol. The van der Waals surface area contributed by atoms with Crippen LogP contribution >= 0.6 is 0 Å². The summed E-state index contributed by atoms with van der Waals surface area (Å²) < 4.78 is 44.9. The number of rotatable bonds is 9. The third-order valence-electron chi connectivity index (χ3n) is 14.0. The van der Waals surface area contributed by atoms with Crippen LogP contribution in [0.25, 0.3) is 0 Å². The van der Waals surface area contributed by atoms with Gasteiger partial charge in [0.25, 0.3) is 0 Å². The van der Waals surface area contributed by atoms with Gasteiger partial charge in [-0.1, -0.05) is 34.1 Å². The quantitative estimate of drug-likeness (QED) is 0.186. The minimum Gasteiger partial charge on any atom is -0.459 e. The van der Waals surface area contributed by atoms with Crippen molar-refractivity contribution in [2.24, 2.45) is 33.9 Å². The molecule has 4 fully saturated rings. The predicted molar refractivity (Wildman–Crippen MR) is 224 cm³/mol. The van der Waals surface area contributed by atoms with Crippen LogP contribution in [0, 0.1) is 23.7 Å². The van der Waals surface area contributed by atoms with Crippen molar-refractivity contribution in [2.75, 3.05) is 28.3 Å². The highest BCUT2D eigenvalue weighted by atomic mass is 16.7. The van der Waals surface area contributed by atoms with E-state index in [4.69, 9.17) is 43.4 Å². The van der Waals surface area contributed by atoms with Gasteiger partial charge >= 0.3 is 5.97 Å². The molecular formula is C44H79N3O12. The van der Waals surface area contributed by atoms with Gasteiger partial charge in [0, 0.05) is 49.9 Å². The van der Waals surface area contributed by atoms with Crippen molar-refractivity contribution in [1.29, 1.82) is 0 Å². The van der Waals surface area contributed by atoms with E-state index < -0.39 is 95.8 Å². The minimum absolute atomic E-state index is 0.148. The van der Waals surface area contributed by atoms with Crippen molar-refractivity contribution in [3.8, 4) is 0 Å². The first kappa shape index (κ1) is 50.0. The fourth-order valence-corrected chi connectivity index (χ4v) is 9.97. The average Bonchev–Trinajstić information content (AvgIpc) is 3.19. The molecule has 18 atom stereocenters. The molecule has 0 radical (unpaired) electrons. The van der Waals surface area contributed by atoms with E-state index in [0.29, 0.717) is 18.6 Å². The van der Waals surface area contributed by atoms with E-state index in [0.717, 1.165) is 37.8 Å². The Morgan fingerprint density at radius 3 is 2.03 bits per heavy atom. The summed E-state index contributed by atoms with van der Waals surface area (Å²) in [6, 6.07) is -0.264. The van der Waals surface area contributed by atoms with E-state index in [1.54, 1.807) is 34.8 Å². The standard InChI is InChI=1S/C44H79N3O12/c1-15-32-44(10,52)37(49)26(4)34(46-45-30-19-17-16-18-20-30)24(2)22-43(9,54-14)39(59-41-35(48)31(47(11)12)21-25(3)55-41)27(5)36(28(6)40(51)57-32)58-33-23-42(8,53-13)38(50)29(7)56-33/h24-29,31-33,35-39,41,48-50,52H,15-23H2,1-14H3/b46-34-/t24-,25?,26+,27+,28-,29?,31?,32-,33?,35?,36+,37-,38?,39-,41?,42?,43-,44-/m1/s1. The summed E-state index contributed by atoms with van der Waals surface area (Å²) >= 11 is 0. The molecule has 4 N–H and O–H groups in total. The summed E-state index contributed by atoms with van der Waals surface area (Å²) in [5, 5.41) is 56.6. The van der Waals surface area contributed by atoms with Crippen molar-refractivity contribution < 1.29 is 58.4 Å². The Morgan fingerprint density at radius 1 is 0.831 bits per heavy atom. The summed E-state index contributed by atoms with van der Waals surface area (Å²) in [5.41, 5.74) is -2.51. The van der Waals surface area contributed by atoms with Gasteiger partial charge in [-0.3, -0.25) is 4.79 Å². The van der Waals surface area contributed by atoms with E-state index in [1.807, 2.05) is 53.6 Å². The molecule has 59 heavy (non-hydrogen) atoms. The second kappa shape index (κ2) is 20.7. The van der Waals surface area contributed by atoms with Gasteiger partial charge in [0.2, 0.25) is 0 Å². The van der Waals surface area contributed by atoms with Crippen molar-refractivity contribution >= 4 is 17.4 Å². The van der Waals surface area contributed by atoms with Gasteiger partial charge in [0.15, 0.2) is 12.6 Å².